The first-order valence-electron chi connectivity index (χ1n) is 26.6. The molecule has 6 aromatic rings. The minimum atomic E-state index is -0.311. The van der Waals surface area contributed by atoms with Gasteiger partial charge in [-0.15, -0.1) is 0 Å². The Labute approximate surface area is 429 Å². The van der Waals surface area contributed by atoms with E-state index in [2.05, 4.69) is 161 Å². The molecule has 10 heteroatoms. The zero-order chi connectivity index (χ0) is 49.5. The Balaban J connectivity index is 1.17. The van der Waals surface area contributed by atoms with Crippen LogP contribution in [0.25, 0.3) is 24.3 Å². The highest BCUT2D eigenvalue weighted by Crippen LogP contribution is 2.40. The van der Waals surface area contributed by atoms with E-state index in [1.54, 1.807) is 0 Å². The first-order chi connectivity index (χ1) is 35.5. The number of para-hydroxylation sites is 2. The summed E-state index contributed by atoms with van der Waals surface area (Å²) in [6, 6.07) is 39.5. The maximum Gasteiger partial charge on any atom is 0.493 e. The molecule has 372 valence electrons. The standard InChI is InChI=1S/C62H70B2O8/c1-5-29-65-59-49-13-9-14-50(59)42-54-38-48(20-18-46-23-27-58(28-24-46)64-71-35-12-36-72-64)40-56(62(54)68-32-8-4)44-52-16-10-15-51(60(52)66-30-6-2)43-55-39-47(37-53(41-49)61(55)67-31-7-3)19-17-45-21-25-57(26-22-45)63-69-33-11-34-70-63/h9-10,13-28,37-40H,5-8,11-12,29-36,41-44H2,1-4H3/b19-17+,20-18+. The van der Waals surface area contributed by atoms with Crippen molar-refractivity contribution < 1.29 is 37.6 Å². The normalized spacial score (nSPS) is 15.0. The first kappa shape index (κ1) is 50.9. The van der Waals surface area contributed by atoms with Crippen molar-refractivity contribution in [3.8, 4) is 23.0 Å². The van der Waals surface area contributed by atoms with E-state index >= 15 is 0 Å². The molecule has 0 spiro atoms. The van der Waals surface area contributed by atoms with Gasteiger partial charge in [-0.3, -0.25) is 0 Å². The number of hydrogen-bond donors (Lipinski definition) is 0. The molecule has 0 aromatic heterocycles. The molecule has 0 atom stereocenters. The van der Waals surface area contributed by atoms with E-state index in [0.29, 0.717) is 78.5 Å². The second-order valence-electron chi connectivity index (χ2n) is 19.1. The summed E-state index contributed by atoms with van der Waals surface area (Å²) in [5.41, 5.74) is 15.4. The minimum Gasteiger partial charge on any atom is -0.493 e. The third-order valence-electron chi connectivity index (χ3n) is 13.2. The van der Waals surface area contributed by atoms with Gasteiger partial charge in [-0.2, -0.15) is 0 Å². The van der Waals surface area contributed by atoms with Gasteiger partial charge in [0.2, 0.25) is 0 Å². The largest absolute Gasteiger partial charge is 0.493 e. The van der Waals surface area contributed by atoms with Crippen LogP contribution in [0.5, 0.6) is 23.0 Å². The van der Waals surface area contributed by atoms with Gasteiger partial charge < -0.3 is 37.6 Å². The molecule has 2 fully saturated rings. The van der Waals surface area contributed by atoms with Gasteiger partial charge in [0, 0.05) is 52.1 Å². The molecule has 0 unspecified atom stereocenters. The second kappa shape index (κ2) is 25.6. The van der Waals surface area contributed by atoms with Gasteiger partial charge in [-0.25, -0.2) is 0 Å². The van der Waals surface area contributed by atoms with Crippen LogP contribution >= 0.6 is 0 Å². The zero-order valence-corrected chi connectivity index (χ0v) is 42.9. The van der Waals surface area contributed by atoms with Gasteiger partial charge in [0.05, 0.1) is 26.4 Å². The van der Waals surface area contributed by atoms with Crippen LogP contribution in [0.4, 0.5) is 0 Å². The summed E-state index contributed by atoms with van der Waals surface area (Å²) < 4.78 is 51.0. The van der Waals surface area contributed by atoms with Crippen LogP contribution in [-0.2, 0) is 44.3 Å². The topological polar surface area (TPSA) is 73.8 Å². The number of rotatable bonds is 18. The van der Waals surface area contributed by atoms with E-state index in [0.717, 1.165) is 139 Å². The molecule has 0 radical (unpaired) electrons. The fourth-order valence-electron chi connectivity index (χ4n) is 9.77. The molecule has 8 bridgehead atoms. The molecule has 2 saturated heterocycles. The predicted octanol–water partition coefficient (Wildman–Crippen LogP) is 12.1. The lowest BCUT2D eigenvalue weighted by Gasteiger charge is -2.23. The third kappa shape index (κ3) is 12.9. The molecular weight excluding hydrogens is 894 g/mol. The Morgan fingerprint density at radius 3 is 0.931 bits per heavy atom. The van der Waals surface area contributed by atoms with E-state index in [4.69, 9.17) is 37.6 Å². The average Bonchev–Trinajstić information content (AvgIpc) is 3.41. The van der Waals surface area contributed by atoms with E-state index in [1.165, 1.54) is 0 Å². The van der Waals surface area contributed by atoms with Gasteiger partial charge in [0.25, 0.3) is 0 Å². The first-order valence-corrected chi connectivity index (χ1v) is 26.6. The summed E-state index contributed by atoms with van der Waals surface area (Å²) in [5.74, 6) is 3.71. The van der Waals surface area contributed by atoms with Gasteiger partial charge in [0.1, 0.15) is 23.0 Å². The van der Waals surface area contributed by atoms with Crippen molar-refractivity contribution in [1.29, 1.82) is 0 Å². The van der Waals surface area contributed by atoms with Crippen molar-refractivity contribution in [2.75, 3.05) is 52.9 Å². The smallest absolute Gasteiger partial charge is 0.493 e. The fraction of sp³-hybridized carbons (Fsp3) is 0.355. The van der Waals surface area contributed by atoms with Gasteiger partial charge in [-0.05, 0) is 140 Å². The van der Waals surface area contributed by atoms with Crippen LogP contribution in [0.15, 0.2) is 109 Å². The Bertz CT molecular complexity index is 2490. The molecule has 8 nitrogen and oxygen atoms in total. The molecule has 9 rings (SSSR count). The SMILES string of the molecule is CCCOc1c2cccc1Cc1cc(/C=C/c3ccc(B4OCCCO4)cc3)cc(c1OCCC)Cc1cccc(c1OCCC)Cc1cc(/C=C/c3ccc(B4OCCCO4)cc3)cc(c1OCCC)C2. The maximum absolute atomic E-state index is 6.86. The van der Waals surface area contributed by atoms with Gasteiger partial charge >= 0.3 is 14.2 Å². The van der Waals surface area contributed by atoms with Crippen LogP contribution in [0.1, 0.15) is 133 Å². The van der Waals surface area contributed by atoms with Crippen LogP contribution < -0.4 is 29.9 Å². The lowest BCUT2D eigenvalue weighted by atomic mass is 9.78. The minimum absolute atomic E-state index is 0.311. The summed E-state index contributed by atoms with van der Waals surface area (Å²) >= 11 is 0. The van der Waals surface area contributed by atoms with E-state index < -0.39 is 0 Å². The lowest BCUT2D eigenvalue weighted by Crippen LogP contribution is -2.40. The second-order valence-corrected chi connectivity index (χ2v) is 19.1. The van der Waals surface area contributed by atoms with Crippen molar-refractivity contribution in [2.24, 2.45) is 0 Å². The van der Waals surface area contributed by atoms with E-state index in [-0.39, 0.29) is 14.2 Å². The quantitative estimate of drug-likeness (QED) is 0.0622. The van der Waals surface area contributed by atoms with E-state index in [9.17, 15) is 0 Å². The molecule has 3 aliphatic rings. The predicted molar refractivity (Wildman–Crippen MR) is 295 cm³/mol. The highest BCUT2D eigenvalue weighted by molar-refractivity contribution is 6.61. The highest BCUT2D eigenvalue weighted by atomic mass is 16.6. The summed E-state index contributed by atoms with van der Waals surface area (Å²) in [5, 5.41) is 0. The number of fused-ring (bicyclic) bond motifs is 8. The summed E-state index contributed by atoms with van der Waals surface area (Å²) in [7, 11) is -0.621. The molecule has 6 aromatic carbocycles. The monoisotopic (exact) mass is 965 g/mol. The van der Waals surface area contributed by atoms with Crippen LogP contribution in [-0.4, -0.2) is 67.1 Å². The van der Waals surface area contributed by atoms with Crippen molar-refractivity contribution in [3.05, 3.63) is 176 Å². The zero-order valence-electron chi connectivity index (χ0n) is 42.9. The summed E-state index contributed by atoms with van der Waals surface area (Å²) in [6.45, 7) is 14.0. The van der Waals surface area contributed by atoms with Crippen LogP contribution in [0.2, 0.25) is 0 Å². The Kier molecular flexibility index (Phi) is 18.1. The Hall–Kier alpha value is -6.03. The van der Waals surface area contributed by atoms with Crippen molar-refractivity contribution in [1.82, 2.24) is 0 Å². The molecule has 2 aliphatic heterocycles. The fourth-order valence-corrected chi connectivity index (χ4v) is 9.77. The summed E-state index contributed by atoms with van der Waals surface area (Å²) in [4.78, 5) is 0. The maximum atomic E-state index is 6.86. The molecule has 0 saturated carbocycles. The molecule has 1 aliphatic carbocycles. The number of benzene rings is 6. The number of ether oxygens (including phenoxy) is 4. The lowest BCUT2D eigenvalue weighted by molar-refractivity contribution is 0.143. The highest BCUT2D eigenvalue weighted by Gasteiger charge is 2.26. The molecular formula is C62H70B2O8. The van der Waals surface area contributed by atoms with Gasteiger partial charge in [0.15, 0.2) is 0 Å². The van der Waals surface area contributed by atoms with Gasteiger partial charge in [-0.1, -0.05) is 137 Å². The third-order valence-corrected chi connectivity index (χ3v) is 13.2. The van der Waals surface area contributed by atoms with Crippen LogP contribution in [0.3, 0.4) is 0 Å². The van der Waals surface area contributed by atoms with E-state index in [1.807, 2.05) is 0 Å². The van der Waals surface area contributed by atoms with Crippen LogP contribution in [0, 0.1) is 0 Å². The molecule has 72 heavy (non-hydrogen) atoms. The molecule has 0 amide bonds. The van der Waals surface area contributed by atoms with Crippen molar-refractivity contribution >= 4 is 49.5 Å². The average molecular weight is 965 g/mol. The van der Waals surface area contributed by atoms with Crippen molar-refractivity contribution in [3.63, 3.8) is 0 Å². The number of hydrogen-bond acceptors (Lipinski definition) is 8. The Morgan fingerprint density at radius 2 is 0.639 bits per heavy atom. The Morgan fingerprint density at radius 1 is 0.361 bits per heavy atom. The summed E-state index contributed by atoms with van der Waals surface area (Å²) in [6.07, 6.45) is 16.7. The molecule has 2 heterocycles. The van der Waals surface area contributed by atoms with Crippen molar-refractivity contribution in [2.45, 2.75) is 91.9 Å². The molecule has 0 N–H and O–H groups in total.